The fraction of sp³-hybridized carbons (Fsp3) is 0. The van der Waals surface area contributed by atoms with Crippen LogP contribution in [0, 0.1) is 0 Å². The van der Waals surface area contributed by atoms with E-state index in [4.69, 9.17) is 11.6 Å². The highest BCUT2D eigenvalue weighted by atomic mass is 35.5. The molecule has 2 rings (SSSR count). The van der Waals surface area contributed by atoms with Crippen molar-refractivity contribution in [3.8, 4) is 0 Å². The highest BCUT2D eigenvalue weighted by Crippen LogP contribution is 2.24. The molecule has 0 aromatic heterocycles. The third-order valence-corrected chi connectivity index (χ3v) is 2.61. The molecule has 2 aromatic rings. The molecular weight excluding hydrogens is 218 g/mol. The molecule has 0 radical (unpaired) electrons. The van der Waals surface area contributed by atoms with E-state index < -0.39 is 0 Å². The van der Waals surface area contributed by atoms with Gasteiger partial charge in [-0.1, -0.05) is 48.5 Å². The molecule has 16 heavy (non-hydrogen) atoms. The Morgan fingerprint density at radius 2 is 1.75 bits per heavy atom. The zero-order valence-corrected chi connectivity index (χ0v) is 9.54. The first-order valence-corrected chi connectivity index (χ1v) is 5.41. The molecule has 1 N–H and O–H groups in total. The van der Waals surface area contributed by atoms with E-state index in [0.717, 1.165) is 16.9 Å². The van der Waals surface area contributed by atoms with Gasteiger partial charge in [0.05, 0.1) is 0 Å². The maximum atomic E-state index is 6.08. The van der Waals surface area contributed by atoms with E-state index in [9.17, 15) is 0 Å². The van der Waals surface area contributed by atoms with Gasteiger partial charge < -0.3 is 5.32 Å². The van der Waals surface area contributed by atoms with Crippen molar-refractivity contribution in [2.75, 3.05) is 5.32 Å². The van der Waals surface area contributed by atoms with E-state index in [1.807, 2.05) is 48.5 Å². The molecule has 0 aliphatic carbocycles. The van der Waals surface area contributed by atoms with Gasteiger partial charge in [-0.15, -0.1) is 0 Å². The molecule has 0 amide bonds. The molecule has 0 spiro atoms. The van der Waals surface area contributed by atoms with Crippen molar-refractivity contribution in [2.45, 2.75) is 0 Å². The summed E-state index contributed by atoms with van der Waals surface area (Å²) in [6.45, 7) is 3.70. The lowest BCUT2D eigenvalue weighted by molar-refractivity contribution is 1.54. The molecule has 0 heterocycles. The predicted molar refractivity (Wildman–Crippen MR) is 71.3 cm³/mol. The molecule has 0 aliphatic rings. The van der Waals surface area contributed by atoms with Gasteiger partial charge >= 0.3 is 0 Å². The van der Waals surface area contributed by atoms with Gasteiger partial charge in [0.25, 0.3) is 0 Å². The minimum atomic E-state index is 0.705. The summed E-state index contributed by atoms with van der Waals surface area (Å²) in [5.41, 5.74) is 2.96. The summed E-state index contributed by atoms with van der Waals surface area (Å²) in [5, 5.41) is 3.98. The Hall–Kier alpha value is -1.73. The SMILES string of the molecule is C=Cc1ccc(Nc2ccccc2)cc1Cl. The fourth-order valence-corrected chi connectivity index (χ4v) is 1.72. The molecule has 0 saturated heterocycles. The van der Waals surface area contributed by atoms with Crippen LogP contribution in [0.4, 0.5) is 11.4 Å². The van der Waals surface area contributed by atoms with Crippen LogP contribution in [-0.4, -0.2) is 0 Å². The Morgan fingerprint density at radius 3 is 2.38 bits per heavy atom. The summed E-state index contributed by atoms with van der Waals surface area (Å²) in [6.07, 6.45) is 1.74. The summed E-state index contributed by atoms with van der Waals surface area (Å²) in [4.78, 5) is 0. The lowest BCUT2D eigenvalue weighted by Gasteiger charge is -2.07. The van der Waals surface area contributed by atoms with Crippen LogP contribution in [0.15, 0.2) is 55.1 Å². The third kappa shape index (κ3) is 2.44. The van der Waals surface area contributed by atoms with Crippen molar-refractivity contribution in [3.05, 3.63) is 65.7 Å². The van der Waals surface area contributed by atoms with Crippen LogP contribution < -0.4 is 5.32 Å². The first-order chi connectivity index (χ1) is 7.79. The maximum absolute atomic E-state index is 6.08. The normalized spacial score (nSPS) is 9.81. The largest absolute Gasteiger partial charge is 0.355 e. The van der Waals surface area contributed by atoms with E-state index in [1.54, 1.807) is 6.08 Å². The molecule has 80 valence electrons. The van der Waals surface area contributed by atoms with Gasteiger partial charge in [0.2, 0.25) is 0 Å². The molecule has 0 unspecified atom stereocenters. The molecule has 2 aromatic carbocycles. The van der Waals surface area contributed by atoms with E-state index in [-0.39, 0.29) is 0 Å². The summed E-state index contributed by atoms with van der Waals surface area (Å²) in [6, 6.07) is 15.8. The van der Waals surface area contributed by atoms with E-state index in [0.29, 0.717) is 5.02 Å². The Labute approximate surface area is 100 Å². The van der Waals surface area contributed by atoms with Crippen molar-refractivity contribution in [3.63, 3.8) is 0 Å². The lowest BCUT2D eigenvalue weighted by atomic mass is 10.2. The number of para-hydroxylation sites is 1. The Balaban J connectivity index is 2.23. The first-order valence-electron chi connectivity index (χ1n) is 5.03. The molecule has 0 fully saturated rings. The Morgan fingerprint density at radius 1 is 1.00 bits per heavy atom. The van der Waals surface area contributed by atoms with Gasteiger partial charge in [0.1, 0.15) is 0 Å². The van der Waals surface area contributed by atoms with Crippen LogP contribution in [0.25, 0.3) is 6.08 Å². The maximum Gasteiger partial charge on any atom is 0.0498 e. The quantitative estimate of drug-likeness (QED) is 0.803. The molecule has 0 bridgehead atoms. The molecular formula is C14H12ClN. The van der Waals surface area contributed by atoms with Crippen LogP contribution in [0.2, 0.25) is 5.02 Å². The number of rotatable bonds is 3. The number of nitrogens with one attached hydrogen (secondary N) is 1. The van der Waals surface area contributed by atoms with E-state index in [2.05, 4.69) is 11.9 Å². The number of benzene rings is 2. The second-order valence-corrected chi connectivity index (χ2v) is 3.84. The summed E-state index contributed by atoms with van der Waals surface area (Å²) in [7, 11) is 0. The number of anilines is 2. The molecule has 0 saturated carbocycles. The highest BCUT2D eigenvalue weighted by Gasteiger charge is 1.98. The van der Waals surface area contributed by atoms with Gasteiger partial charge in [0, 0.05) is 16.4 Å². The molecule has 0 aliphatic heterocycles. The minimum Gasteiger partial charge on any atom is -0.355 e. The smallest absolute Gasteiger partial charge is 0.0498 e. The summed E-state index contributed by atoms with van der Waals surface area (Å²) < 4.78 is 0. The highest BCUT2D eigenvalue weighted by molar-refractivity contribution is 6.32. The number of halogens is 1. The summed E-state index contributed by atoms with van der Waals surface area (Å²) in [5.74, 6) is 0. The van der Waals surface area contributed by atoms with Gasteiger partial charge in [-0.2, -0.15) is 0 Å². The number of hydrogen-bond acceptors (Lipinski definition) is 1. The lowest BCUT2D eigenvalue weighted by Crippen LogP contribution is -1.89. The minimum absolute atomic E-state index is 0.705. The van der Waals surface area contributed by atoms with Gasteiger partial charge in [0.15, 0.2) is 0 Å². The Kier molecular flexibility index (Phi) is 3.28. The van der Waals surface area contributed by atoms with Crippen LogP contribution in [-0.2, 0) is 0 Å². The fourth-order valence-electron chi connectivity index (χ4n) is 1.46. The van der Waals surface area contributed by atoms with Gasteiger partial charge in [-0.25, -0.2) is 0 Å². The molecule has 1 nitrogen and oxygen atoms in total. The summed E-state index contributed by atoms with van der Waals surface area (Å²) >= 11 is 6.08. The second kappa shape index (κ2) is 4.86. The van der Waals surface area contributed by atoms with Crippen molar-refractivity contribution in [1.29, 1.82) is 0 Å². The van der Waals surface area contributed by atoms with Crippen LogP contribution in [0.1, 0.15) is 5.56 Å². The standard InChI is InChI=1S/C14H12ClN/c1-2-11-8-9-13(10-14(11)15)16-12-6-4-3-5-7-12/h2-10,16H,1H2. The zero-order valence-electron chi connectivity index (χ0n) is 8.78. The average Bonchev–Trinajstić information content (AvgIpc) is 2.31. The second-order valence-electron chi connectivity index (χ2n) is 3.43. The third-order valence-electron chi connectivity index (χ3n) is 2.28. The van der Waals surface area contributed by atoms with Crippen molar-refractivity contribution >= 4 is 29.1 Å². The Bertz CT molecular complexity index is 491. The topological polar surface area (TPSA) is 12.0 Å². The number of hydrogen-bond donors (Lipinski definition) is 1. The molecule has 0 atom stereocenters. The van der Waals surface area contributed by atoms with Crippen molar-refractivity contribution in [2.24, 2.45) is 0 Å². The van der Waals surface area contributed by atoms with Crippen LogP contribution >= 0.6 is 11.6 Å². The average molecular weight is 230 g/mol. The van der Waals surface area contributed by atoms with Crippen LogP contribution in [0.5, 0.6) is 0 Å². The van der Waals surface area contributed by atoms with E-state index in [1.165, 1.54) is 0 Å². The van der Waals surface area contributed by atoms with Crippen LogP contribution in [0.3, 0.4) is 0 Å². The predicted octanol–water partition coefficient (Wildman–Crippen LogP) is 4.73. The van der Waals surface area contributed by atoms with Crippen molar-refractivity contribution in [1.82, 2.24) is 0 Å². The molecule has 2 heteroatoms. The zero-order chi connectivity index (χ0) is 11.4. The monoisotopic (exact) mass is 229 g/mol. The first kappa shape index (κ1) is 10.8. The van der Waals surface area contributed by atoms with Gasteiger partial charge in [-0.3, -0.25) is 0 Å². The van der Waals surface area contributed by atoms with Gasteiger partial charge in [-0.05, 0) is 29.8 Å². The van der Waals surface area contributed by atoms with Crippen molar-refractivity contribution < 1.29 is 0 Å². The van der Waals surface area contributed by atoms with E-state index >= 15 is 0 Å².